The molecule has 2 unspecified atom stereocenters. The van der Waals surface area contributed by atoms with Crippen LogP contribution in [0.2, 0.25) is 0 Å². The Labute approximate surface area is 169 Å². The maximum atomic E-state index is 12.5. The van der Waals surface area contributed by atoms with E-state index in [1.807, 2.05) is 36.4 Å². The highest BCUT2D eigenvalue weighted by atomic mass is 16.5. The van der Waals surface area contributed by atoms with Crippen LogP contribution in [0, 0.1) is 11.8 Å². The highest BCUT2D eigenvalue weighted by molar-refractivity contribution is 5.76. The Morgan fingerprint density at radius 1 is 1.21 bits per heavy atom. The lowest BCUT2D eigenvalue weighted by atomic mass is 9.81. The van der Waals surface area contributed by atoms with Crippen LogP contribution in [0.3, 0.4) is 0 Å². The van der Waals surface area contributed by atoms with Crippen molar-refractivity contribution in [3.8, 4) is 11.5 Å². The monoisotopic (exact) mass is 391 g/mol. The van der Waals surface area contributed by atoms with E-state index in [4.69, 9.17) is 4.52 Å². The number of amides is 1. The molecule has 2 atom stereocenters. The van der Waals surface area contributed by atoms with E-state index in [1.165, 1.54) is 0 Å². The summed E-state index contributed by atoms with van der Waals surface area (Å²) < 4.78 is 5.48. The molecule has 1 saturated heterocycles. The molecule has 0 radical (unpaired) electrons. The van der Waals surface area contributed by atoms with Crippen LogP contribution in [0.1, 0.15) is 24.1 Å². The number of rotatable bonds is 7. The van der Waals surface area contributed by atoms with Crippen molar-refractivity contribution >= 4 is 5.91 Å². The molecule has 3 aromatic rings. The zero-order valence-corrected chi connectivity index (χ0v) is 16.3. The first-order valence-electron chi connectivity index (χ1n) is 10.0. The van der Waals surface area contributed by atoms with Gasteiger partial charge in [0.2, 0.25) is 5.91 Å². The summed E-state index contributed by atoms with van der Waals surface area (Å²) >= 11 is 0. The van der Waals surface area contributed by atoms with Gasteiger partial charge in [-0.25, -0.2) is 0 Å². The number of carbonyl (C=O) groups excluding carboxylic acids is 1. The summed E-state index contributed by atoms with van der Waals surface area (Å²) in [6, 6.07) is 11.5. The highest BCUT2D eigenvalue weighted by Gasteiger charge is 2.28. The van der Waals surface area contributed by atoms with Crippen molar-refractivity contribution in [1.82, 2.24) is 25.8 Å². The molecule has 7 heteroatoms. The summed E-state index contributed by atoms with van der Waals surface area (Å²) in [4.78, 5) is 20.9. The fraction of sp³-hybridized carbons (Fsp3) is 0.364. The van der Waals surface area contributed by atoms with Crippen LogP contribution in [0.15, 0.2) is 59.5 Å². The molecule has 0 bridgehead atoms. The molecule has 7 nitrogen and oxygen atoms in total. The molecule has 2 N–H and O–H groups in total. The Hall–Kier alpha value is -3.06. The molecule has 1 fully saturated rings. The fourth-order valence-corrected chi connectivity index (χ4v) is 3.80. The van der Waals surface area contributed by atoms with Gasteiger partial charge in [-0.05, 0) is 61.5 Å². The lowest BCUT2D eigenvalue weighted by molar-refractivity contribution is -0.122. The van der Waals surface area contributed by atoms with Gasteiger partial charge in [0, 0.05) is 37.6 Å². The Morgan fingerprint density at radius 2 is 2.17 bits per heavy atom. The van der Waals surface area contributed by atoms with Crippen molar-refractivity contribution in [2.24, 2.45) is 11.8 Å². The van der Waals surface area contributed by atoms with Gasteiger partial charge in [-0.3, -0.25) is 14.8 Å². The third kappa shape index (κ3) is 5.26. The van der Waals surface area contributed by atoms with E-state index < -0.39 is 0 Å². The van der Waals surface area contributed by atoms with E-state index in [9.17, 15) is 4.79 Å². The highest BCUT2D eigenvalue weighted by Crippen LogP contribution is 2.27. The SMILES string of the molecule is O=C(CC1CCNCC1Cc1cc(-c2ccccn2)on1)NCc1cccnc1. The van der Waals surface area contributed by atoms with Crippen LogP contribution in [0.25, 0.3) is 11.5 Å². The molecule has 4 heterocycles. The second-order valence-corrected chi connectivity index (χ2v) is 7.46. The van der Waals surface area contributed by atoms with E-state index in [0.717, 1.165) is 42.9 Å². The van der Waals surface area contributed by atoms with Crippen molar-refractivity contribution in [3.05, 3.63) is 66.2 Å². The van der Waals surface area contributed by atoms with E-state index in [1.54, 1.807) is 18.6 Å². The molecule has 1 aliphatic rings. The molecule has 150 valence electrons. The van der Waals surface area contributed by atoms with Gasteiger partial charge < -0.3 is 15.2 Å². The maximum Gasteiger partial charge on any atom is 0.220 e. The number of aromatic nitrogens is 3. The third-order valence-corrected chi connectivity index (χ3v) is 5.37. The summed E-state index contributed by atoms with van der Waals surface area (Å²) in [5.74, 6) is 1.42. The summed E-state index contributed by atoms with van der Waals surface area (Å²) in [5, 5.41) is 10.7. The molecular weight excluding hydrogens is 366 g/mol. The zero-order valence-electron chi connectivity index (χ0n) is 16.3. The van der Waals surface area contributed by atoms with Crippen molar-refractivity contribution in [3.63, 3.8) is 0 Å². The molecule has 1 aliphatic heterocycles. The molecular formula is C22H25N5O2. The molecule has 29 heavy (non-hydrogen) atoms. The Morgan fingerprint density at radius 3 is 3.00 bits per heavy atom. The molecule has 0 aromatic carbocycles. The minimum Gasteiger partial charge on any atom is -0.354 e. The molecule has 0 spiro atoms. The normalized spacial score (nSPS) is 19.0. The lowest BCUT2D eigenvalue weighted by Gasteiger charge is -2.31. The van der Waals surface area contributed by atoms with Crippen molar-refractivity contribution in [2.75, 3.05) is 13.1 Å². The standard InChI is InChI=1S/C22H25N5O2/c28-22(26-14-16-4-3-7-23-13-16)11-17-6-9-24-15-18(17)10-19-12-21(29-27-19)20-5-1-2-8-25-20/h1-5,7-8,12-13,17-18,24H,6,9-11,14-15H2,(H,26,28). The number of hydrogen-bond acceptors (Lipinski definition) is 6. The summed E-state index contributed by atoms with van der Waals surface area (Å²) in [6.07, 6.45) is 7.53. The van der Waals surface area contributed by atoms with Crippen LogP contribution in [0.4, 0.5) is 0 Å². The van der Waals surface area contributed by atoms with Crippen molar-refractivity contribution in [1.29, 1.82) is 0 Å². The molecule has 0 aliphatic carbocycles. The van der Waals surface area contributed by atoms with Gasteiger partial charge in [0.05, 0.1) is 5.69 Å². The van der Waals surface area contributed by atoms with Gasteiger partial charge in [0.15, 0.2) is 5.76 Å². The number of piperidine rings is 1. The minimum atomic E-state index is 0.0834. The zero-order chi connectivity index (χ0) is 19.9. The average molecular weight is 391 g/mol. The van der Waals surface area contributed by atoms with Gasteiger partial charge in [0.25, 0.3) is 0 Å². The number of nitrogens with one attached hydrogen (secondary N) is 2. The van der Waals surface area contributed by atoms with E-state index in [2.05, 4.69) is 25.8 Å². The number of hydrogen-bond donors (Lipinski definition) is 2. The predicted octanol–water partition coefficient (Wildman–Crippen LogP) is 2.61. The van der Waals surface area contributed by atoms with Gasteiger partial charge in [-0.15, -0.1) is 0 Å². The van der Waals surface area contributed by atoms with Crippen LogP contribution in [-0.2, 0) is 17.8 Å². The van der Waals surface area contributed by atoms with Crippen LogP contribution in [-0.4, -0.2) is 34.1 Å². The fourth-order valence-electron chi connectivity index (χ4n) is 3.80. The first kappa shape index (κ1) is 19.3. The summed E-state index contributed by atoms with van der Waals surface area (Å²) in [7, 11) is 0. The van der Waals surface area contributed by atoms with Crippen LogP contribution < -0.4 is 10.6 Å². The smallest absolute Gasteiger partial charge is 0.220 e. The second kappa shape index (κ2) is 9.43. The Kier molecular flexibility index (Phi) is 6.26. The lowest BCUT2D eigenvalue weighted by Crippen LogP contribution is -2.40. The van der Waals surface area contributed by atoms with Gasteiger partial charge in [-0.2, -0.15) is 0 Å². The Balaban J connectivity index is 1.34. The van der Waals surface area contributed by atoms with Crippen molar-refractivity contribution < 1.29 is 9.32 Å². The van der Waals surface area contributed by atoms with Crippen molar-refractivity contribution in [2.45, 2.75) is 25.8 Å². The Bertz CT molecular complexity index is 913. The summed E-state index contributed by atoms with van der Waals surface area (Å²) in [6.45, 7) is 2.33. The molecule has 4 rings (SSSR count). The maximum absolute atomic E-state index is 12.5. The predicted molar refractivity (Wildman–Crippen MR) is 109 cm³/mol. The molecule has 0 saturated carbocycles. The van der Waals surface area contributed by atoms with Crippen LogP contribution >= 0.6 is 0 Å². The second-order valence-electron chi connectivity index (χ2n) is 7.46. The van der Waals surface area contributed by atoms with Crippen LogP contribution in [0.5, 0.6) is 0 Å². The molecule has 3 aromatic heterocycles. The summed E-state index contributed by atoms with van der Waals surface area (Å²) in [5.41, 5.74) is 2.69. The first-order chi connectivity index (χ1) is 14.3. The third-order valence-electron chi connectivity index (χ3n) is 5.37. The van der Waals surface area contributed by atoms with Gasteiger partial charge in [0.1, 0.15) is 5.69 Å². The van der Waals surface area contributed by atoms with E-state index in [-0.39, 0.29) is 5.91 Å². The van der Waals surface area contributed by atoms with E-state index >= 15 is 0 Å². The number of pyridine rings is 2. The molecule has 1 amide bonds. The quantitative estimate of drug-likeness (QED) is 0.643. The van der Waals surface area contributed by atoms with Gasteiger partial charge >= 0.3 is 0 Å². The first-order valence-corrected chi connectivity index (χ1v) is 10.0. The number of nitrogens with zero attached hydrogens (tertiary/aromatic N) is 3. The van der Waals surface area contributed by atoms with Gasteiger partial charge in [-0.1, -0.05) is 17.3 Å². The number of carbonyl (C=O) groups is 1. The average Bonchev–Trinajstić information content (AvgIpc) is 3.24. The minimum absolute atomic E-state index is 0.0834. The topological polar surface area (TPSA) is 92.9 Å². The van der Waals surface area contributed by atoms with E-state index in [0.29, 0.717) is 30.6 Å². The largest absolute Gasteiger partial charge is 0.354 e.